The Labute approximate surface area is 145 Å². The van der Waals surface area contributed by atoms with Gasteiger partial charge in [-0.15, -0.1) is 0 Å². The average Bonchev–Trinajstić information content (AvgIpc) is 2.55. The summed E-state index contributed by atoms with van der Waals surface area (Å²) in [5.41, 5.74) is 1.85. The number of para-hydroxylation sites is 1. The predicted octanol–water partition coefficient (Wildman–Crippen LogP) is 2.82. The molecule has 0 aliphatic heterocycles. The molecule has 0 aromatic heterocycles. The second-order valence-electron chi connectivity index (χ2n) is 5.55. The number of carbonyl (C=O) groups excluding carboxylic acids is 1. The molecule has 24 heavy (non-hydrogen) atoms. The maximum Gasteiger partial charge on any atom is 0.293 e. The van der Waals surface area contributed by atoms with Crippen molar-refractivity contribution >= 4 is 28.9 Å². The van der Waals surface area contributed by atoms with Crippen molar-refractivity contribution in [3.8, 4) is 0 Å². The molecule has 0 spiro atoms. The van der Waals surface area contributed by atoms with Gasteiger partial charge in [-0.3, -0.25) is 14.9 Å². The fourth-order valence-electron chi connectivity index (χ4n) is 2.34. The first-order chi connectivity index (χ1) is 11.4. The van der Waals surface area contributed by atoms with Crippen LogP contribution < -0.4 is 10.6 Å². The number of nitrogens with two attached hydrogens (primary N) is 1. The molecule has 1 atom stereocenters. The summed E-state index contributed by atoms with van der Waals surface area (Å²) < 4.78 is 0. The lowest BCUT2D eigenvalue weighted by atomic mass is 10.1. The predicted molar refractivity (Wildman–Crippen MR) is 93.1 cm³/mol. The van der Waals surface area contributed by atoms with Crippen molar-refractivity contribution in [2.45, 2.75) is 19.9 Å². The van der Waals surface area contributed by atoms with E-state index in [0.29, 0.717) is 10.6 Å². The lowest BCUT2D eigenvalue weighted by Crippen LogP contribution is -2.86. The molecule has 1 amide bonds. The number of rotatable bonds is 6. The Bertz CT molecular complexity index is 747. The van der Waals surface area contributed by atoms with E-state index in [9.17, 15) is 14.9 Å². The highest BCUT2D eigenvalue weighted by Gasteiger charge is 2.19. The molecule has 2 rings (SSSR count). The van der Waals surface area contributed by atoms with Crippen molar-refractivity contribution < 1.29 is 15.0 Å². The summed E-state index contributed by atoms with van der Waals surface area (Å²) in [6.07, 6.45) is 0. The van der Waals surface area contributed by atoms with E-state index in [1.165, 1.54) is 6.07 Å². The van der Waals surface area contributed by atoms with E-state index in [1.807, 2.05) is 24.4 Å². The third-order valence-corrected chi connectivity index (χ3v) is 4.02. The van der Waals surface area contributed by atoms with Crippen molar-refractivity contribution in [2.75, 3.05) is 11.9 Å². The van der Waals surface area contributed by atoms with Gasteiger partial charge >= 0.3 is 0 Å². The minimum absolute atomic E-state index is 0.0693. The number of halogens is 1. The summed E-state index contributed by atoms with van der Waals surface area (Å²) >= 11 is 5.86. The van der Waals surface area contributed by atoms with Crippen LogP contribution in [0.4, 0.5) is 11.4 Å². The van der Waals surface area contributed by atoms with Crippen LogP contribution in [0.15, 0.2) is 42.5 Å². The van der Waals surface area contributed by atoms with Gasteiger partial charge in [-0.1, -0.05) is 35.9 Å². The molecule has 0 heterocycles. The fourth-order valence-corrected chi connectivity index (χ4v) is 2.47. The van der Waals surface area contributed by atoms with Gasteiger partial charge in [-0.2, -0.15) is 0 Å². The molecule has 0 saturated carbocycles. The van der Waals surface area contributed by atoms with Crippen LogP contribution in [0.2, 0.25) is 5.02 Å². The van der Waals surface area contributed by atoms with Crippen molar-refractivity contribution in [2.24, 2.45) is 0 Å². The molecular formula is C17H19ClN3O3+. The molecule has 0 aliphatic carbocycles. The van der Waals surface area contributed by atoms with Crippen LogP contribution in [0, 0.1) is 17.0 Å². The SMILES string of the molecule is Cc1cccc([N+](=O)[O-])c1NC(=O)C[NH2+][C@H](C)c1ccc(Cl)cc1. The number of nitrogens with one attached hydrogen (secondary N) is 1. The van der Waals surface area contributed by atoms with Gasteiger partial charge in [-0.25, -0.2) is 0 Å². The smallest absolute Gasteiger partial charge is 0.293 e. The normalized spacial score (nSPS) is 11.8. The lowest BCUT2D eigenvalue weighted by Gasteiger charge is -2.12. The zero-order valence-electron chi connectivity index (χ0n) is 13.5. The Morgan fingerprint density at radius 1 is 1.29 bits per heavy atom. The van der Waals surface area contributed by atoms with Crippen LogP contribution in [-0.2, 0) is 4.79 Å². The Kier molecular flexibility index (Phi) is 5.89. The van der Waals surface area contributed by atoms with Gasteiger partial charge < -0.3 is 10.6 Å². The summed E-state index contributed by atoms with van der Waals surface area (Å²) in [6.45, 7) is 3.87. The van der Waals surface area contributed by atoms with Crippen LogP contribution >= 0.6 is 11.6 Å². The van der Waals surface area contributed by atoms with Crippen LogP contribution in [0.5, 0.6) is 0 Å². The van der Waals surface area contributed by atoms with Crippen molar-refractivity contribution in [1.82, 2.24) is 0 Å². The number of quaternary nitrogens is 1. The quantitative estimate of drug-likeness (QED) is 0.621. The molecule has 3 N–H and O–H groups in total. The van der Waals surface area contributed by atoms with Crippen molar-refractivity contribution in [3.63, 3.8) is 0 Å². The van der Waals surface area contributed by atoms with Gasteiger partial charge in [0.1, 0.15) is 11.7 Å². The summed E-state index contributed by atoms with van der Waals surface area (Å²) in [5.74, 6) is -0.284. The van der Waals surface area contributed by atoms with E-state index < -0.39 is 4.92 Å². The highest BCUT2D eigenvalue weighted by atomic mass is 35.5. The number of nitrogens with zero attached hydrogens (tertiary/aromatic N) is 1. The summed E-state index contributed by atoms with van der Waals surface area (Å²) in [7, 11) is 0. The average molecular weight is 349 g/mol. The zero-order chi connectivity index (χ0) is 17.7. The fraction of sp³-hybridized carbons (Fsp3) is 0.235. The third-order valence-electron chi connectivity index (χ3n) is 3.76. The number of amides is 1. The number of carbonyl (C=O) groups is 1. The largest absolute Gasteiger partial charge is 0.333 e. The molecule has 126 valence electrons. The molecule has 0 fully saturated rings. The third kappa shape index (κ3) is 4.53. The van der Waals surface area contributed by atoms with E-state index in [0.717, 1.165) is 5.56 Å². The van der Waals surface area contributed by atoms with Crippen LogP contribution in [-0.4, -0.2) is 17.4 Å². The summed E-state index contributed by atoms with van der Waals surface area (Å²) in [4.78, 5) is 22.7. The number of hydrogen-bond acceptors (Lipinski definition) is 3. The maximum atomic E-state index is 12.1. The molecule has 0 saturated heterocycles. The van der Waals surface area contributed by atoms with E-state index in [2.05, 4.69) is 5.32 Å². The van der Waals surface area contributed by atoms with E-state index in [4.69, 9.17) is 11.6 Å². The van der Waals surface area contributed by atoms with Gasteiger partial charge in [0.15, 0.2) is 6.54 Å². The molecule has 0 radical (unpaired) electrons. The Morgan fingerprint density at radius 2 is 1.96 bits per heavy atom. The number of benzene rings is 2. The molecule has 2 aromatic carbocycles. The molecule has 0 unspecified atom stereocenters. The number of aryl methyl sites for hydroxylation is 1. The topological polar surface area (TPSA) is 88.9 Å². The second-order valence-corrected chi connectivity index (χ2v) is 5.99. The summed E-state index contributed by atoms with van der Waals surface area (Å²) in [5, 5.41) is 16.2. The van der Waals surface area contributed by atoms with Gasteiger partial charge in [0, 0.05) is 16.7 Å². The maximum absolute atomic E-state index is 12.1. The van der Waals surface area contributed by atoms with Crippen LogP contribution in [0.1, 0.15) is 24.1 Å². The number of nitro benzene ring substituents is 1. The van der Waals surface area contributed by atoms with Gasteiger partial charge in [-0.05, 0) is 31.5 Å². The molecule has 7 heteroatoms. The number of nitro groups is 1. The lowest BCUT2D eigenvalue weighted by molar-refractivity contribution is -0.682. The highest BCUT2D eigenvalue weighted by Crippen LogP contribution is 2.27. The first-order valence-corrected chi connectivity index (χ1v) is 7.89. The van der Waals surface area contributed by atoms with E-state index >= 15 is 0 Å². The van der Waals surface area contributed by atoms with Crippen LogP contribution in [0.25, 0.3) is 0 Å². The van der Waals surface area contributed by atoms with E-state index in [1.54, 1.807) is 31.2 Å². The Hall–Kier alpha value is -2.44. The second kappa shape index (κ2) is 7.90. The standard InChI is InChI=1S/C17H18ClN3O3/c1-11-4-3-5-15(21(23)24)17(11)20-16(22)10-19-12(2)13-6-8-14(18)9-7-13/h3-9,12,19H,10H2,1-2H3,(H,20,22)/p+1/t12-/m1/s1. The highest BCUT2D eigenvalue weighted by molar-refractivity contribution is 6.30. The summed E-state index contributed by atoms with van der Waals surface area (Å²) in [6, 6.07) is 12.2. The van der Waals surface area contributed by atoms with Crippen LogP contribution in [0.3, 0.4) is 0 Å². The minimum atomic E-state index is -0.497. The molecule has 0 aliphatic rings. The van der Waals surface area contributed by atoms with Crippen molar-refractivity contribution in [3.05, 3.63) is 68.7 Å². The Morgan fingerprint density at radius 3 is 2.58 bits per heavy atom. The van der Waals surface area contributed by atoms with E-state index in [-0.39, 0.29) is 29.9 Å². The zero-order valence-corrected chi connectivity index (χ0v) is 14.2. The van der Waals surface area contributed by atoms with Gasteiger partial charge in [0.2, 0.25) is 0 Å². The molecule has 6 nitrogen and oxygen atoms in total. The first kappa shape index (κ1) is 17.9. The number of hydrogen-bond donors (Lipinski definition) is 2. The van der Waals surface area contributed by atoms with Gasteiger partial charge in [0.25, 0.3) is 11.6 Å². The monoisotopic (exact) mass is 348 g/mol. The molecular weight excluding hydrogens is 330 g/mol. The first-order valence-electron chi connectivity index (χ1n) is 7.51. The molecule has 0 bridgehead atoms. The Balaban J connectivity index is 1.99. The van der Waals surface area contributed by atoms with Crippen molar-refractivity contribution in [1.29, 1.82) is 0 Å². The number of anilines is 1. The molecule has 2 aromatic rings. The van der Waals surface area contributed by atoms with Gasteiger partial charge in [0.05, 0.1) is 4.92 Å². The minimum Gasteiger partial charge on any atom is -0.333 e.